The second-order valence-electron chi connectivity index (χ2n) is 6.65. The maximum Gasteiger partial charge on any atom is 0.272 e. The monoisotopic (exact) mass is 366 g/mol. The van der Waals surface area contributed by atoms with Crippen molar-refractivity contribution in [2.45, 2.75) is 44.3 Å². The second-order valence-corrected chi connectivity index (χ2v) is 7.97. The fourth-order valence-electron chi connectivity index (χ4n) is 3.37. The van der Waals surface area contributed by atoms with Gasteiger partial charge in [0.2, 0.25) is 0 Å². The Morgan fingerprint density at radius 2 is 2.16 bits per heavy atom. The van der Waals surface area contributed by atoms with Crippen molar-refractivity contribution in [3.63, 3.8) is 0 Å². The van der Waals surface area contributed by atoms with Gasteiger partial charge in [-0.25, -0.2) is 9.82 Å². The lowest BCUT2D eigenvalue weighted by Crippen LogP contribution is -2.58. The second kappa shape index (κ2) is 6.54. The van der Waals surface area contributed by atoms with Crippen LogP contribution >= 0.6 is 11.8 Å². The summed E-state index contributed by atoms with van der Waals surface area (Å²) in [5.74, 6) is -0.158. The minimum atomic E-state index is -0.771. The zero-order chi connectivity index (χ0) is 17.6. The van der Waals surface area contributed by atoms with Crippen LogP contribution in [0.4, 0.5) is 4.39 Å². The van der Waals surface area contributed by atoms with E-state index < -0.39 is 6.17 Å². The Hall–Kier alpha value is -1.71. The minimum absolute atomic E-state index is 0.0989. The Bertz CT molecular complexity index is 651. The first kappa shape index (κ1) is 16.7. The number of nitrogens with zero attached hydrogens (tertiary/aromatic N) is 2. The van der Waals surface area contributed by atoms with Crippen molar-refractivity contribution in [2.24, 2.45) is 0 Å². The molecule has 4 aliphatic rings. The highest BCUT2D eigenvalue weighted by atomic mass is 32.2. The molecule has 1 saturated heterocycles. The molecule has 0 aliphatic carbocycles. The third-order valence-corrected chi connectivity index (χ3v) is 6.03. The number of halogens is 1. The van der Waals surface area contributed by atoms with E-state index in [0.29, 0.717) is 25.2 Å². The number of thioether (sulfide) groups is 1. The van der Waals surface area contributed by atoms with Gasteiger partial charge in [0.25, 0.3) is 5.91 Å². The van der Waals surface area contributed by atoms with Crippen LogP contribution in [0.3, 0.4) is 0 Å². The predicted octanol–water partition coefficient (Wildman–Crippen LogP) is 0.491. The Morgan fingerprint density at radius 1 is 1.36 bits per heavy atom. The summed E-state index contributed by atoms with van der Waals surface area (Å²) in [6.45, 7) is 5.16. The highest BCUT2D eigenvalue weighted by Crippen LogP contribution is 2.28. The van der Waals surface area contributed by atoms with E-state index >= 15 is 0 Å². The Balaban J connectivity index is 1.39. The molecule has 25 heavy (non-hydrogen) atoms. The van der Waals surface area contributed by atoms with Crippen molar-refractivity contribution < 1.29 is 9.18 Å². The van der Waals surface area contributed by atoms with E-state index in [9.17, 15) is 9.18 Å². The summed E-state index contributed by atoms with van der Waals surface area (Å²) in [6.07, 6.45) is 5.33. The van der Waals surface area contributed by atoms with Gasteiger partial charge in [0.05, 0.1) is 6.17 Å². The number of rotatable bonds is 3. The van der Waals surface area contributed by atoms with E-state index in [1.165, 1.54) is 4.91 Å². The summed E-state index contributed by atoms with van der Waals surface area (Å²) < 4.78 is 13.5. The number of allylic oxidation sites excluding steroid dienone is 2. The summed E-state index contributed by atoms with van der Waals surface area (Å²) in [4.78, 5) is 15.9. The van der Waals surface area contributed by atoms with E-state index in [1.807, 2.05) is 31.0 Å². The van der Waals surface area contributed by atoms with E-state index in [-0.39, 0.29) is 23.7 Å². The molecule has 1 amide bonds. The van der Waals surface area contributed by atoms with Gasteiger partial charge in [0, 0.05) is 29.9 Å². The molecule has 0 aromatic rings. The maximum absolute atomic E-state index is 13.5. The van der Waals surface area contributed by atoms with Crippen molar-refractivity contribution in [3.8, 4) is 0 Å². The van der Waals surface area contributed by atoms with Gasteiger partial charge < -0.3 is 16.0 Å². The van der Waals surface area contributed by atoms with Crippen LogP contribution in [0.5, 0.6) is 0 Å². The molecular formula is C16H23FN6OS. The molecule has 4 N–H and O–H groups in total. The first-order chi connectivity index (χ1) is 12.0. The van der Waals surface area contributed by atoms with Gasteiger partial charge in [-0.15, -0.1) is 0 Å². The normalized spacial score (nSPS) is 34.7. The van der Waals surface area contributed by atoms with Crippen LogP contribution in [-0.2, 0) is 4.79 Å². The van der Waals surface area contributed by atoms with Gasteiger partial charge in [0.15, 0.2) is 5.50 Å². The fourth-order valence-corrected chi connectivity index (χ4v) is 4.36. The topological polar surface area (TPSA) is 71.7 Å². The van der Waals surface area contributed by atoms with Crippen LogP contribution < -0.4 is 21.4 Å². The van der Waals surface area contributed by atoms with Gasteiger partial charge in [-0.05, 0) is 26.3 Å². The highest BCUT2D eigenvalue weighted by Gasteiger charge is 2.37. The summed E-state index contributed by atoms with van der Waals surface area (Å²) in [7, 11) is 0. The quantitative estimate of drug-likeness (QED) is 0.542. The molecular weight excluding hydrogens is 343 g/mol. The number of hydrazine groups is 1. The number of likely N-dealkylation sites (tertiary alicyclic amines) is 1. The fraction of sp³-hybridized carbons (Fsp3) is 0.562. The van der Waals surface area contributed by atoms with Crippen molar-refractivity contribution in [1.29, 1.82) is 0 Å². The van der Waals surface area contributed by atoms with Gasteiger partial charge in [-0.3, -0.25) is 14.7 Å². The molecule has 0 aromatic carbocycles. The number of hydrogen-bond acceptors (Lipinski definition) is 7. The maximum atomic E-state index is 13.5. The van der Waals surface area contributed by atoms with E-state index in [4.69, 9.17) is 0 Å². The minimum Gasteiger partial charge on any atom is -0.365 e. The van der Waals surface area contributed by atoms with Crippen molar-refractivity contribution >= 4 is 17.7 Å². The molecule has 4 aliphatic heterocycles. The molecule has 4 atom stereocenters. The summed E-state index contributed by atoms with van der Waals surface area (Å²) in [5, 5.41) is 11.2. The van der Waals surface area contributed by atoms with Crippen LogP contribution in [0.15, 0.2) is 34.7 Å². The molecule has 9 heteroatoms. The number of nitrogens with one attached hydrogen (secondary N) is 4. The lowest BCUT2D eigenvalue weighted by molar-refractivity contribution is -0.120. The first-order valence-corrected chi connectivity index (χ1v) is 9.39. The average Bonchev–Trinajstić information content (AvgIpc) is 3.26. The van der Waals surface area contributed by atoms with Crippen LogP contribution in [-0.4, -0.2) is 52.9 Å². The number of fused-ring (bicyclic) bond motifs is 1. The van der Waals surface area contributed by atoms with E-state index in [0.717, 1.165) is 5.70 Å². The molecule has 4 heterocycles. The Labute approximate surface area is 150 Å². The largest absolute Gasteiger partial charge is 0.365 e. The van der Waals surface area contributed by atoms with E-state index in [2.05, 4.69) is 26.3 Å². The summed E-state index contributed by atoms with van der Waals surface area (Å²) in [6, 6.07) is 0. The van der Waals surface area contributed by atoms with Crippen LogP contribution in [0, 0.1) is 0 Å². The Morgan fingerprint density at radius 3 is 2.84 bits per heavy atom. The molecule has 3 unspecified atom stereocenters. The predicted molar refractivity (Wildman–Crippen MR) is 95.0 cm³/mol. The van der Waals surface area contributed by atoms with Crippen LogP contribution in [0.25, 0.3) is 0 Å². The molecule has 7 nitrogen and oxygen atoms in total. The van der Waals surface area contributed by atoms with Crippen molar-refractivity contribution in [2.75, 3.05) is 13.1 Å². The standard InChI is InChI=1S/C16H23FN6OS/c1-9-10(2)25-16(19-9)20-15(24)12-7-18-13-3-4-14(21-23(12)13)22-6-5-11(17)8-22/h3-4,7,11,13-14,16,18-19,21H,5-6,8H2,1-2H3,(H,20,24)/t11-,13?,14?,16?/m0/s1. The molecule has 0 aromatic heterocycles. The molecule has 136 valence electrons. The first-order valence-electron chi connectivity index (χ1n) is 8.51. The molecule has 4 rings (SSSR count). The van der Waals surface area contributed by atoms with Crippen LogP contribution in [0.1, 0.15) is 20.3 Å². The summed E-state index contributed by atoms with van der Waals surface area (Å²) in [5.41, 5.74) is 4.78. The van der Waals surface area contributed by atoms with Gasteiger partial charge in [-0.2, -0.15) is 0 Å². The zero-order valence-electron chi connectivity index (χ0n) is 14.3. The third-order valence-electron chi connectivity index (χ3n) is 4.90. The number of alkyl halides is 1. The number of hydrogen-bond donors (Lipinski definition) is 4. The molecule has 0 spiro atoms. The van der Waals surface area contributed by atoms with Gasteiger partial charge >= 0.3 is 0 Å². The number of amides is 1. The number of carbonyl (C=O) groups excluding carboxylic acids is 1. The molecule has 0 bridgehead atoms. The lowest BCUT2D eigenvalue weighted by atomic mass is 10.3. The van der Waals surface area contributed by atoms with Gasteiger partial charge in [-0.1, -0.05) is 17.8 Å². The highest BCUT2D eigenvalue weighted by molar-refractivity contribution is 8.03. The summed E-state index contributed by atoms with van der Waals surface area (Å²) >= 11 is 1.60. The zero-order valence-corrected chi connectivity index (χ0v) is 15.1. The smallest absolute Gasteiger partial charge is 0.272 e. The lowest BCUT2D eigenvalue weighted by Gasteiger charge is -2.38. The Kier molecular flexibility index (Phi) is 4.38. The average molecular weight is 366 g/mol. The molecule has 1 fully saturated rings. The molecule has 0 radical (unpaired) electrons. The SMILES string of the molecule is CC1=C(C)SC(NC(=O)C2=CNC3C=CC(N4CC[C@H](F)C4)NN23)N1. The van der Waals surface area contributed by atoms with Gasteiger partial charge in [0.1, 0.15) is 18.0 Å². The third kappa shape index (κ3) is 3.23. The number of carbonyl (C=O) groups is 1. The van der Waals surface area contributed by atoms with Crippen LogP contribution in [0.2, 0.25) is 0 Å². The van der Waals surface area contributed by atoms with E-state index in [1.54, 1.807) is 18.0 Å². The van der Waals surface area contributed by atoms with Crippen molar-refractivity contribution in [3.05, 3.63) is 34.7 Å². The molecule has 0 saturated carbocycles. The van der Waals surface area contributed by atoms with Crippen molar-refractivity contribution in [1.82, 2.24) is 31.3 Å².